The lowest BCUT2D eigenvalue weighted by atomic mass is 10.0. The van der Waals surface area contributed by atoms with Gasteiger partial charge < -0.3 is 21.3 Å². The van der Waals surface area contributed by atoms with Crippen molar-refractivity contribution in [2.75, 3.05) is 33.2 Å². The molecule has 5 N–H and O–H groups in total. The van der Waals surface area contributed by atoms with Crippen LogP contribution < -0.4 is 11.1 Å². The van der Waals surface area contributed by atoms with Crippen LogP contribution >= 0.6 is 0 Å². The highest BCUT2D eigenvalue weighted by Gasteiger charge is 2.22. The van der Waals surface area contributed by atoms with E-state index in [2.05, 4.69) is 128 Å². The molecule has 0 heterocycles. The van der Waals surface area contributed by atoms with Crippen LogP contribution in [0.25, 0.3) is 0 Å². The van der Waals surface area contributed by atoms with Gasteiger partial charge in [-0.05, 0) is 54.0 Å². The van der Waals surface area contributed by atoms with E-state index in [1.807, 2.05) is 43.4 Å². The molecule has 6 nitrogen and oxygen atoms in total. The lowest BCUT2D eigenvalue weighted by Crippen LogP contribution is -2.46. The highest BCUT2D eigenvalue weighted by atomic mass is 16.3. The van der Waals surface area contributed by atoms with Crippen LogP contribution in [0.2, 0.25) is 0 Å². The first-order valence-electron chi connectivity index (χ1n) is 18.0. The van der Waals surface area contributed by atoms with E-state index >= 15 is 0 Å². The van der Waals surface area contributed by atoms with Gasteiger partial charge in [0.2, 0.25) is 0 Å². The van der Waals surface area contributed by atoms with E-state index < -0.39 is 12.2 Å². The predicted octanol–water partition coefficient (Wildman–Crippen LogP) is 6.41. The summed E-state index contributed by atoms with van der Waals surface area (Å²) in [4.78, 5) is 4.66. The summed E-state index contributed by atoms with van der Waals surface area (Å²) in [5.41, 5.74) is 11.2. The number of nitrogens with two attached hydrogens (primary N) is 1. The number of hydrogen-bond donors (Lipinski definition) is 4. The summed E-state index contributed by atoms with van der Waals surface area (Å²) < 4.78 is 0. The highest BCUT2D eigenvalue weighted by molar-refractivity contribution is 5.18. The van der Waals surface area contributed by atoms with Crippen LogP contribution in [-0.4, -0.2) is 77.5 Å². The monoisotopic (exact) mass is 666 g/mol. The molecule has 6 heteroatoms. The zero-order valence-electron chi connectivity index (χ0n) is 30.5. The molecule has 0 fully saturated rings. The number of rotatable bonds is 19. The molecule has 0 unspecified atom stereocenters. The summed E-state index contributed by atoms with van der Waals surface area (Å²) in [6.07, 6.45) is 0.586. The second-order valence-corrected chi connectivity index (χ2v) is 14.2. The van der Waals surface area contributed by atoms with Gasteiger partial charge in [0, 0.05) is 51.4 Å². The number of aliphatic hydroxyl groups is 2. The predicted molar refractivity (Wildman–Crippen MR) is 206 cm³/mol. The summed E-state index contributed by atoms with van der Waals surface area (Å²) >= 11 is 0. The fourth-order valence-electron chi connectivity index (χ4n) is 6.24. The normalized spacial score (nSPS) is 14.0. The zero-order chi connectivity index (χ0) is 35.4. The molecule has 0 amide bonds. The Morgan fingerprint density at radius 3 is 1.22 bits per heavy atom. The van der Waals surface area contributed by atoms with Gasteiger partial charge in [-0.2, -0.15) is 0 Å². The molecular weight excluding hydrogens is 604 g/mol. The van der Waals surface area contributed by atoms with E-state index in [0.717, 1.165) is 32.6 Å². The van der Waals surface area contributed by atoms with Crippen molar-refractivity contribution in [1.29, 1.82) is 0 Å². The Kier molecular flexibility index (Phi) is 18.3. The van der Waals surface area contributed by atoms with Crippen LogP contribution in [0.1, 0.15) is 49.9 Å². The molecule has 0 bridgehead atoms. The molecular formula is C43H62N4O2. The second-order valence-electron chi connectivity index (χ2n) is 14.2. The van der Waals surface area contributed by atoms with Gasteiger partial charge in [0.15, 0.2) is 0 Å². The Labute approximate surface area is 297 Å². The summed E-state index contributed by atoms with van der Waals surface area (Å²) in [5.74, 6) is 1.12. The maximum absolute atomic E-state index is 10.8. The van der Waals surface area contributed by atoms with Crippen molar-refractivity contribution in [2.45, 2.75) is 77.9 Å². The van der Waals surface area contributed by atoms with Gasteiger partial charge >= 0.3 is 0 Å². The van der Waals surface area contributed by atoms with Gasteiger partial charge in [0.25, 0.3) is 0 Å². The Morgan fingerprint density at radius 2 is 0.857 bits per heavy atom. The molecule has 49 heavy (non-hydrogen) atoms. The Morgan fingerprint density at radius 1 is 0.510 bits per heavy atom. The first-order chi connectivity index (χ1) is 23.6. The van der Waals surface area contributed by atoms with Gasteiger partial charge in [-0.3, -0.25) is 9.80 Å². The Hall–Kier alpha value is -3.36. The average Bonchev–Trinajstić information content (AvgIpc) is 3.08. The van der Waals surface area contributed by atoms with Crippen molar-refractivity contribution in [3.63, 3.8) is 0 Å². The summed E-state index contributed by atoms with van der Waals surface area (Å²) in [7, 11) is 1.93. The zero-order valence-corrected chi connectivity index (χ0v) is 30.5. The van der Waals surface area contributed by atoms with Crippen LogP contribution in [0.3, 0.4) is 0 Å². The molecule has 4 rings (SSSR count). The number of nitrogens with zero attached hydrogens (tertiary/aromatic N) is 2. The minimum atomic E-state index is -0.535. The van der Waals surface area contributed by atoms with Crippen LogP contribution in [0.5, 0.6) is 0 Å². The summed E-state index contributed by atoms with van der Waals surface area (Å²) in [6.45, 7) is 13.8. The minimum Gasteiger partial charge on any atom is -0.390 e. The van der Waals surface area contributed by atoms with Crippen molar-refractivity contribution in [3.8, 4) is 0 Å². The van der Waals surface area contributed by atoms with Crippen molar-refractivity contribution >= 4 is 0 Å². The first kappa shape index (κ1) is 40.1. The molecule has 4 aromatic carbocycles. The van der Waals surface area contributed by atoms with Gasteiger partial charge in [-0.1, -0.05) is 149 Å². The molecule has 0 saturated carbocycles. The van der Waals surface area contributed by atoms with E-state index in [0.29, 0.717) is 31.3 Å². The molecule has 0 saturated heterocycles. The Balaban J connectivity index is 0.000000266. The highest BCUT2D eigenvalue weighted by Crippen LogP contribution is 2.13. The third-order valence-corrected chi connectivity index (χ3v) is 8.58. The lowest BCUT2D eigenvalue weighted by molar-refractivity contribution is 0.0732. The van der Waals surface area contributed by atoms with Crippen molar-refractivity contribution in [3.05, 3.63) is 144 Å². The number of hydrogen-bond acceptors (Lipinski definition) is 6. The third kappa shape index (κ3) is 16.3. The molecule has 0 aromatic heterocycles. The topological polar surface area (TPSA) is 85.0 Å². The largest absolute Gasteiger partial charge is 0.390 e. The molecule has 0 spiro atoms. The number of nitrogens with one attached hydrogen (secondary N) is 1. The van der Waals surface area contributed by atoms with Crippen LogP contribution in [0, 0.1) is 11.8 Å². The Bertz CT molecular complexity index is 1370. The number of aliphatic hydroxyl groups excluding tert-OH is 2. The minimum absolute atomic E-state index is 0.0489. The van der Waals surface area contributed by atoms with Crippen molar-refractivity contribution in [1.82, 2.24) is 15.1 Å². The fourth-order valence-corrected chi connectivity index (χ4v) is 6.24. The molecule has 266 valence electrons. The van der Waals surface area contributed by atoms with Crippen molar-refractivity contribution in [2.24, 2.45) is 17.6 Å². The van der Waals surface area contributed by atoms with Gasteiger partial charge in [0.1, 0.15) is 0 Å². The summed E-state index contributed by atoms with van der Waals surface area (Å²) in [6, 6.07) is 41.2. The third-order valence-electron chi connectivity index (χ3n) is 8.58. The standard InChI is InChI=1S/C22H32N2O.C21H30N2O/c1-18(2)15-24(16-20-12-8-5-9-13-20)17-22(25)21(23-3)14-19-10-6-4-7-11-19;1-17(2)14-23(15-19-11-7-4-8-12-19)16-21(24)20(22)13-18-9-5-3-6-10-18/h4-13,18,21-23,25H,14-17H2,1-3H3;3-12,17,20-21,24H,13-16,22H2,1-2H3/t21-,22+;20-,21+/m00/s1. The SMILES string of the molecule is CC(C)CN(Cc1ccccc1)C[C@@H](O)[C@@H](N)Cc1ccccc1.CN[C@@H](Cc1ccccc1)[C@H](O)CN(Cc1ccccc1)CC(C)C. The van der Waals surface area contributed by atoms with Crippen molar-refractivity contribution < 1.29 is 10.2 Å². The molecule has 0 aliphatic carbocycles. The number of benzene rings is 4. The second kappa shape index (κ2) is 22.4. The maximum Gasteiger partial charge on any atom is 0.0823 e. The molecule has 0 radical (unpaired) electrons. The van der Waals surface area contributed by atoms with E-state index in [9.17, 15) is 10.2 Å². The van der Waals surface area contributed by atoms with E-state index in [1.165, 1.54) is 22.3 Å². The van der Waals surface area contributed by atoms with E-state index in [-0.39, 0.29) is 12.1 Å². The van der Waals surface area contributed by atoms with E-state index in [1.54, 1.807) is 0 Å². The van der Waals surface area contributed by atoms with Gasteiger partial charge in [0.05, 0.1) is 12.2 Å². The smallest absolute Gasteiger partial charge is 0.0823 e. The van der Waals surface area contributed by atoms with E-state index in [4.69, 9.17) is 5.73 Å². The fraction of sp³-hybridized carbons (Fsp3) is 0.442. The van der Waals surface area contributed by atoms with Gasteiger partial charge in [-0.15, -0.1) is 0 Å². The number of likely N-dealkylation sites (N-methyl/N-ethyl adjacent to an activating group) is 1. The average molecular weight is 667 g/mol. The maximum atomic E-state index is 10.8. The molecule has 4 aromatic rings. The molecule has 0 aliphatic heterocycles. The molecule has 0 aliphatic rings. The quantitative estimate of drug-likeness (QED) is 0.0926. The molecule has 4 atom stereocenters. The first-order valence-corrected chi connectivity index (χ1v) is 18.0. The van der Waals surface area contributed by atoms with Crippen LogP contribution in [-0.2, 0) is 25.9 Å². The van der Waals surface area contributed by atoms with Crippen LogP contribution in [0.15, 0.2) is 121 Å². The van der Waals surface area contributed by atoms with Crippen LogP contribution in [0.4, 0.5) is 0 Å². The lowest BCUT2D eigenvalue weighted by Gasteiger charge is -2.30. The van der Waals surface area contributed by atoms with Gasteiger partial charge in [-0.25, -0.2) is 0 Å². The summed E-state index contributed by atoms with van der Waals surface area (Å²) in [5, 5.41) is 24.7.